The first-order chi connectivity index (χ1) is 8.54. The third kappa shape index (κ3) is 4.91. The van der Waals surface area contributed by atoms with Gasteiger partial charge in [0.25, 0.3) is 0 Å². The van der Waals surface area contributed by atoms with E-state index in [1.54, 1.807) is 11.8 Å². The lowest BCUT2D eigenvalue weighted by atomic mass is 10.1. The average molecular weight is 267 g/mol. The van der Waals surface area contributed by atoms with E-state index in [0.717, 1.165) is 12.3 Å². The molecule has 0 saturated heterocycles. The van der Waals surface area contributed by atoms with Gasteiger partial charge in [0.15, 0.2) is 0 Å². The Labute approximate surface area is 116 Å². The normalized spacial score (nSPS) is 13.1. The van der Waals surface area contributed by atoms with Crippen molar-refractivity contribution in [2.24, 2.45) is 5.92 Å². The third-order valence-corrected chi connectivity index (χ3v) is 3.60. The lowest BCUT2D eigenvalue weighted by Crippen LogP contribution is -2.38. The maximum atomic E-state index is 6.16. The summed E-state index contributed by atoms with van der Waals surface area (Å²) in [6, 6.07) is 8.73. The van der Waals surface area contributed by atoms with Crippen LogP contribution in [0.15, 0.2) is 29.2 Å². The Bertz CT molecular complexity index is 352. The van der Waals surface area contributed by atoms with Gasteiger partial charge in [0.1, 0.15) is 11.9 Å². The van der Waals surface area contributed by atoms with Crippen LogP contribution in [-0.2, 0) is 0 Å². The summed E-state index contributed by atoms with van der Waals surface area (Å²) in [7, 11) is 0. The van der Waals surface area contributed by atoms with Gasteiger partial charge in [0, 0.05) is 17.5 Å². The van der Waals surface area contributed by atoms with Crippen LogP contribution in [0.4, 0.5) is 0 Å². The van der Waals surface area contributed by atoms with Crippen molar-refractivity contribution >= 4 is 11.8 Å². The highest BCUT2D eigenvalue weighted by molar-refractivity contribution is 7.98. The summed E-state index contributed by atoms with van der Waals surface area (Å²) in [5.74, 6) is 1.49. The van der Waals surface area contributed by atoms with Crippen LogP contribution >= 0.6 is 11.8 Å². The highest BCUT2D eigenvalue weighted by Crippen LogP contribution is 2.28. The zero-order valence-corrected chi connectivity index (χ0v) is 12.9. The van der Waals surface area contributed by atoms with E-state index < -0.39 is 0 Å². The highest BCUT2D eigenvalue weighted by Gasteiger charge is 2.16. The van der Waals surface area contributed by atoms with Gasteiger partial charge in [-0.25, -0.2) is 0 Å². The van der Waals surface area contributed by atoms with E-state index >= 15 is 0 Å². The minimum Gasteiger partial charge on any atom is -0.488 e. The Balaban J connectivity index is 2.70. The Morgan fingerprint density at radius 2 is 1.83 bits per heavy atom. The van der Waals surface area contributed by atoms with Crippen LogP contribution in [0, 0.1) is 5.92 Å². The molecule has 1 aromatic rings. The van der Waals surface area contributed by atoms with E-state index in [1.807, 2.05) is 6.07 Å². The smallest absolute Gasteiger partial charge is 0.133 e. The van der Waals surface area contributed by atoms with Crippen molar-refractivity contribution in [1.82, 2.24) is 5.32 Å². The molecule has 0 saturated carbocycles. The van der Waals surface area contributed by atoms with Gasteiger partial charge < -0.3 is 10.1 Å². The topological polar surface area (TPSA) is 21.3 Å². The fourth-order valence-electron chi connectivity index (χ4n) is 1.64. The molecule has 2 nitrogen and oxygen atoms in total. The van der Waals surface area contributed by atoms with E-state index in [1.165, 1.54) is 4.90 Å². The Kier molecular flexibility index (Phi) is 6.58. The van der Waals surface area contributed by atoms with Crippen molar-refractivity contribution in [3.63, 3.8) is 0 Å². The van der Waals surface area contributed by atoms with Crippen molar-refractivity contribution in [2.45, 2.75) is 44.7 Å². The molecule has 0 fully saturated rings. The molecule has 1 aromatic carbocycles. The zero-order valence-electron chi connectivity index (χ0n) is 12.1. The molecule has 0 bridgehead atoms. The summed E-state index contributed by atoms with van der Waals surface area (Å²) < 4.78 is 6.16. The van der Waals surface area contributed by atoms with Gasteiger partial charge in [-0.05, 0) is 24.3 Å². The largest absolute Gasteiger partial charge is 0.488 e. The molecule has 1 unspecified atom stereocenters. The fourth-order valence-corrected chi connectivity index (χ4v) is 2.18. The van der Waals surface area contributed by atoms with E-state index in [2.05, 4.69) is 57.5 Å². The molecule has 0 radical (unpaired) electrons. The van der Waals surface area contributed by atoms with Crippen LogP contribution in [0.25, 0.3) is 0 Å². The van der Waals surface area contributed by atoms with E-state index in [9.17, 15) is 0 Å². The van der Waals surface area contributed by atoms with E-state index in [0.29, 0.717) is 12.0 Å². The molecule has 1 atom stereocenters. The second kappa shape index (κ2) is 7.70. The highest BCUT2D eigenvalue weighted by atomic mass is 32.2. The quantitative estimate of drug-likeness (QED) is 0.759. The summed E-state index contributed by atoms with van der Waals surface area (Å²) in [5.41, 5.74) is 0. The molecule has 0 amide bonds. The number of benzene rings is 1. The first-order valence-electron chi connectivity index (χ1n) is 6.57. The predicted octanol–water partition coefficient (Wildman–Crippen LogP) is 3.81. The summed E-state index contributed by atoms with van der Waals surface area (Å²) in [6.07, 6.45) is 2.29. The van der Waals surface area contributed by atoms with Gasteiger partial charge in [-0.3, -0.25) is 0 Å². The van der Waals surface area contributed by atoms with Gasteiger partial charge in [0.2, 0.25) is 0 Å². The van der Waals surface area contributed by atoms with Gasteiger partial charge >= 0.3 is 0 Å². The monoisotopic (exact) mass is 267 g/mol. The Morgan fingerprint density at radius 3 is 2.39 bits per heavy atom. The number of thioether (sulfide) groups is 1. The fraction of sp³-hybridized carbons (Fsp3) is 0.600. The number of hydrogen-bond acceptors (Lipinski definition) is 3. The Hall–Kier alpha value is -0.670. The molecular formula is C15H25NOS. The summed E-state index contributed by atoms with van der Waals surface area (Å²) >= 11 is 1.73. The molecular weight excluding hydrogens is 242 g/mol. The van der Waals surface area contributed by atoms with Gasteiger partial charge in [-0.1, -0.05) is 39.8 Å². The van der Waals surface area contributed by atoms with Crippen molar-refractivity contribution in [3.05, 3.63) is 24.3 Å². The second-order valence-corrected chi connectivity index (χ2v) is 5.96. The minimum atomic E-state index is 0.209. The zero-order chi connectivity index (χ0) is 13.5. The first-order valence-corrected chi connectivity index (χ1v) is 7.80. The van der Waals surface area contributed by atoms with Crippen molar-refractivity contribution in [2.75, 3.05) is 12.8 Å². The molecule has 0 spiro atoms. The number of hydrogen-bond donors (Lipinski definition) is 1. The minimum absolute atomic E-state index is 0.209. The molecule has 0 aliphatic carbocycles. The van der Waals surface area contributed by atoms with Crippen LogP contribution in [-0.4, -0.2) is 24.9 Å². The van der Waals surface area contributed by atoms with E-state index in [4.69, 9.17) is 4.74 Å². The lowest BCUT2D eigenvalue weighted by Gasteiger charge is -2.25. The molecule has 0 heterocycles. The van der Waals surface area contributed by atoms with E-state index in [-0.39, 0.29) is 6.10 Å². The summed E-state index contributed by atoms with van der Waals surface area (Å²) in [5, 5.41) is 3.45. The van der Waals surface area contributed by atoms with Crippen LogP contribution in [0.5, 0.6) is 5.75 Å². The van der Waals surface area contributed by atoms with Crippen molar-refractivity contribution in [1.29, 1.82) is 0 Å². The van der Waals surface area contributed by atoms with Crippen LogP contribution in [0.3, 0.4) is 0 Å². The van der Waals surface area contributed by atoms with Crippen LogP contribution in [0.1, 0.15) is 27.7 Å². The number of para-hydroxylation sites is 1. The standard InChI is InChI=1S/C15H25NOS/c1-11(2)14(10-16-12(3)4)17-13-8-6-7-9-15(13)18-5/h6-9,11-12,14,16H,10H2,1-5H3. The molecule has 0 aliphatic rings. The van der Waals surface area contributed by atoms with Crippen LogP contribution in [0.2, 0.25) is 0 Å². The molecule has 18 heavy (non-hydrogen) atoms. The Morgan fingerprint density at radius 1 is 1.17 bits per heavy atom. The molecule has 1 N–H and O–H groups in total. The molecule has 0 aliphatic heterocycles. The van der Waals surface area contributed by atoms with Crippen LogP contribution < -0.4 is 10.1 Å². The summed E-state index contributed by atoms with van der Waals surface area (Å²) in [4.78, 5) is 1.20. The number of ether oxygens (including phenoxy) is 1. The maximum absolute atomic E-state index is 6.16. The average Bonchev–Trinajstić information content (AvgIpc) is 2.34. The number of rotatable bonds is 7. The SMILES string of the molecule is CSc1ccccc1OC(CNC(C)C)C(C)C. The molecule has 3 heteroatoms. The molecule has 0 aromatic heterocycles. The predicted molar refractivity (Wildman–Crippen MR) is 80.6 cm³/mol. The molecule has 102 valence electrons. The van der Waals surface area contributed by atoms with Gasteiger partial charge in [0.05, 0.1) is 0 Å². The van der Waals surface area contributed by atoms with Crippen molar-refractivity contribution < 1.29 is 4.74 Å². The molecule has 1 rings (SSSR count). The summed E-state index contributed by atoms with van der Waals surface area (Å²) in [6.45, 7) is 9.61. The van der Waals surface area contributed by atoms with Gasteiger partial charge in [-0.2, -0.15) is 0 Å². The van der Waals surface area contributed by atoms with Gasteiger partial charge in [-0.15, -0.1) is 11.8 Å². The second-order valence-electron chi connectivity index (χ2n) is 5.11. The maximum Gasteiger partial charge on any atom is 0.133 e. The van der Waals surface area contributed by atoms with Crippen molar-refractivity contribution in [3.8, 4) is 5.75 Å². The third-order valence-electron chi connectivity index (χ3n) is 2.82. The first kappa shape index (κ1) is 15.4. The lowest BCUT2D eigenvalue weighted by molar-refractivity contribution is 0.142. The number of nitrogens with one attached hydrogen (secondary N) is 1.